The maximum absolute atomic E-state index is 12.4. The first-order chi connectivity index (χ1) is 14.5. The molecule has 12 heteroatoms. The summed E-state index contributed by atoms with van der Waals surface area (Å²) in [5.41, 5.74) is -5.86. The average molecular weight is 490 g/mol. The van der Waals surface area contributed by atoms with Crippen LogP contribution in [-0.2, 0) is 31.2 Å². The monoisotopic (exact) mass is 489 g/mol. The third-order valence-electron chi connectivity index (χ3n) is 3.68. The second-order valence-electron chi connectivity index (χ2n) is 5.91. The van der Waals surface area contributed by atoms with E-state index in [-0.39, 0.29) is 5.75 Å². The standard InChI is InChI=1S/C19H14F3NO5S3/c20-19(21,22)30(24,25)23-31(26,27)28-15-8-7-13-18(14-15)29(16-9-3-1-4-10-16)17-11-5-2-6-12-17/h1-14H. The van der Waals surface area contributed by atoms with Crippen LogP contribution in [0, 0.1) is 0 Å². The normalized spacial score (nSPS) is 12.6. The Labute approximate surface area is 180 Å². The first-order valence-corrected chi connectivity index (χ1v) is 12.5. The Morgan fingerprint density at radius 1 is 0.710 bits per heavy atom. The molecule has 6 nitrogen and oxygen atoms in total. The Balaban J connectivity index is 1.96. The zero-order valence-corrected chi connectivity index (χ0v) is 17.9. The molecule has 31 heavy (non-hydrogen) atoms. The average Bonchev–Trinajstić information content (AvgIpc) is 2.68. The molecule has 0 atom stereocenters. The van der Waals surface area contributed by atoms with Crippen molar-refractivity contribution in [2.75, 3.05) is 0 Å². The number of benzene rings is 3. The van der Waals surface area contributed by atoms with Crippen LogP contribution in [0.25, 0.3) is 4.13 Å². The minimum absolute atomic E-state index is 0.372. The van der Waals surface area contributed by atoms with Crippen LogP contribution < -0.4 is 4.18 Å². The van der Waals surface area contributed by atoms with Crippen LogP contribution in [-0.4, -0.2) is 22.3 Å². The van der Waals surface area contributed by atoms with Crippen molar-refractivity contribution in [3.05, 3.63) is 89.1 Å². The van der Waals surface area contributed by atoms with E-state index in [1.165, 1.54) is 18.2 Å². The zero-order valence-electron chi connectivity index (χ0n) is 15.4. The molecular formula is C19H14F3NO5S3. The fourth-order valence-electron chi connectivity index (χ4n) is 2.47. The summed E-state index contributed by atoms with van der Waals surface area (Å²) in [6.07, 6.45) is 0. The van der Waals surface area contributed by atoms with Crippen LogP contribution >= 0.6 is 0 Å². The van der Waals surface area contributed by atoms with E-state index >= 15 is 0 Å². The van der Waals surface area contributed by atoms with E-state index < -0.39 is 36.7 Å². The largest absolute Gasteiger partial charge is 0.480 e. The lowest BCUT2D eigenvalue weighted by Gasteiger charge is -2.21. The van der Waals surface area contributed by atoms with E-state index in [9.17, 15) is 30.0 Å². The van der Waals surface area contributed by atoms with Crippen molar-refractivity contribution in [1.29, 1.82) is 0 Å². The molecule has 3 aromatic carbocycles. The number of hydrogen-bond donors (Lipinski definition) is 0. The number of nitrogens with zero attached hydrogens (tertiary/aromatic N) is 1. The SMILES string of the molecule is O=S(=O)([N-]S(=O)(=O)C(F)(F)F)Oc1cccc([S+](c2ccccc2)c2ccccc2)c1. The van der Waals surface area contributed by atoms with Gasteiger partial charge in [-0.3, -0.25) is 0 Å². The van der Waals surface area contributed by atoms with E-state index in [2.05, 4.69) is 4.18 Å². The van der Waals surface area contributed by atoms with Gasteiger partial charge in [-0.1, -0.05) is 42.5 Å². The van der Waals surface area contributed by atoms with Crippen LogP contribution in [0.1, 0.15) is 0 Å². The molecule has 0 fully saturated rings. The first-order valence-electron chi connectivity index (χ1n) is 8.43. The summed E-state index contributed by atoms with van der Waals surface area (Å²) in [7, 11) is -12.4. The van der Waals surface area contributed by atoms with Gasteiger partial charge in [0.2, 0.25) is 10.3 Å². The van der Waals surface area contributed by atoms with Gasteiger partial charge in [-0.15, -0.1) is 0 Å². The molecule has 0 aromatic heterocycles. The van der Waals surface area contributed by atoms with Crippen LogP contribution in [0.3, 0.4) is 0 Å². The number of alkyl halides is 3. The van der Waals surface area contributed by atoms with Gasteiger partial charge >= 0.3 is 5.51 Å². The van der Waals surface area contributed by atoms with Crippen molar-refractivity contribution < 1.29 is 34.2 Å². The summed E-state index contributed by atoms with van der Waals surface area (Å²) in [5.74, 6) is -0.372. The highest BCUT2D eigenvalue weighted by molar-refractivity contribution is 8.10. The van der Waals surface area contributed by atoms with E-state index in [4.69, 9.17) is 0 Å². The minimum Gasteiger partial charge on any atom is -0.395 e. The van der Waals surface area contributed by atoms with Crippen LogP contribution in [0.5, 0.6) is 5.75 Å². The molecule has 0 N–H and O–H groups in total. The van der Waals surface area contributed by atoms with Crippen LogP contribution in [0.2, 0.25) is 0 Å². The van der Waals surface area contributed by atoms with Crippen molar-refractivity contribution in [3.8, 4) is 5.75 Å². The third-order valence-corrected chi connectivity index (χ3v) is 8.40. The van der Waals surface area contributed by atoms with Gasteiger partial charge in [0.25, 0.3) is 0 Å². The molecule has 0 heterocycles. The Kier molecular flexibility index (Phi) is 6.65. The molecular weight excluding hydrogens is 475 g/mol. The van der Waals surface area contributed by atoms with Gasteiger partial charge in [-0.05, 0) is 36.4 Å². The highest BCUT2D eigenvalue weighted by Crippen LogP contribution is 2.34. The first kappa shape index (κ1) is 23.1. The van der Waals surface area contributed by atoms with Gasteiger partial charge in [0.1, 0.15) is 5.75 Å². The molecule has 0 aliphatic heterocycles. The van der Waals surface area contributed by atoms with E-state index in [0.717, 1.165) is 9.79 Å². The molecule has 0 saturated carbocycles. The Hall–Kier alpha value is -2.54. The number of sulfonamides is 1. The summed E-state index contributed by atoms with van der Waals surface area (Å²) in [5, 5.41) is 0. The fraction of sp³-hybridized carbons (Fsp3) is 0.0526. The lowest BCUT2D eigenvalue weighted by Crippen LogP contribution is -2.25. The van der Waals surface area contributed by atoms with Gasteiger partial charge in [0.05, 0.1) is 10.9 Å². The van der Waals surface area contributed by atoms with E-state index in [1.54, 1.807) is 6.07 Å². The van der Waals surface area contributed by atoms with Gasteiger partial charge in [0.15, 0.2) is 24.7 Å². The van der Waals surface area contributed by atoms with Gasteiger partial charge in [0, 0.05) is 6.07 Å². The molecule has 164 valence electrons. The second kappa shape index (κ2) is 8.91. The Morgan fingerprint density at radius 3 is 1.68 bits per heavy atom. The maximum Gasteiger partial charge on any atom is 0.480 e. The van der Waals surface area contributed by atoms with Crippen molar-refractivity contribution in [2.24, 2.45) is 0 Å². The Bertz CT molecular complexity index is 1210. The molecule has 3 aromatic rings. The molecule has 0 aliphatic rings. The summed E-state index contributed by atoms with van der Waals surface area (Å²) >= 11 is 0. The molecule has 0 amide bonds. The van der Waals surface area contributed by atoms with Crippen molar-refractivity contribution >= 4 is 31.2 Å². The molecule has 0 unspecified atom stereocenters. The summed E-state index contributed by atoms with van der Waals surface area (Å²) in [6.45, 7) is 0. The summed E-state index contributed by atoms with van der Waals surface area (Å²) in [6, 6.07) is 24.2. The third kappa shape index (κ3) is 5.79. The highest BCUT2D eigenvalue weighted by atomic mass is 32.3. The lowest BCUT2D eigenvalue weighted by atomic mass is 10.3. The van der Waals surface area contributed by atoms with Crippen LogP contribution in [0.15, 0.2) is 99.6 Å². The molecule has 0 spiro atoms. The fourth-order valence-corrected chi connectivity index (χ4v) is 6.37. The molecule has 3 rings (SSSR count). The van der Waals surface area contributed by atoms with Crippen molar-refractivity contribution in [3.63, 3.8) is 0 Å². The predicted molar refractivity (Wildman–Crippen MR) is 109 cm³/mol. The number of rotatable bonds is 7. The topological polar surface area (TPSA) is 91.6 Å². The number of hydrogen-bond acceptors (Lipinski definition) is 5. The van der Waals surface area contributed by atoms with Crippen LogP contribution in [0.4, 0.5) is 13.2 Å². The molecule has 0 radical (unpaired) electrons. The Morgan fingerprint density at radius 2 is 1.19 bits per heavy atom. The second-order valence-corrected chi connectivity index (χ2v) is 11.0. The van der Waals surface area contributed by atoms with E-state index in [0.29, 0.717) is 4.90 Å². The predicted octanol–water partition coefficient (Wildman–Crippen LogP) is 4.63. The maximum atomic E-state index is 12.4. The van der Waals surface area contributed by atoms with Gasteiger partial charge < -0.3 is 8.31 Å². The zero-order chi connectivity index (χ0) is 22.7. The van der Waals surface area contributed by atoms with Crippen molar-refractivity contribution in [1.82, 2.24) is 0 Å². The van der Waals surface area contributed by atoms with Crippen molar-refractivity contribution in [2.45, 2.75) is 20.2 Å². The van der Waals surface area contributed by atoms with Gasteiger partial charge in [-0.25, -0.2) is 16.8 Å². The minimum atomic E-state index is -6.27. The summed E-state index contributed by atoms with van der Waals surface area (Å²) in [4.78, 5) is 2.40. The smallest absolute Gasteiger partial charge is 0.395 e. The molecule has 0 aliphatic carbocycles. The quantitative estimate of drug-likeness (QED) is 0.452. The number of halogens is 3. The highest BCUT2D eigenvalue weighted by Gasteiger charge is 2.41. The molecule has 0 bridgehead atoms. The van der Waals surface area contributed by atoms with Gasteiger partial charge in [-0.2, -0.15) is 13.2 Å². The lowest BCUT2D eigenvalue weighted by molar-refractivity contribution is -0.0425. The van der Waals surface area contributed by atoms with E-state index in [1.807, 2.05) is 64.8 Å². The summed E-state index contributed by atoms with van der Waals surface area (Å²) < 4.78 is 89.5. The molecule has 0 saturated heterocycles.